The van der Waals surface area contributed by atoms with Crippen molar-refractivity contribution in [2.75, 3.05) is 4.43 Å². The Bertz CT molecular complexity index is 83.8. The van der Waals surface area contributed by atoms with Crippen LogP contribution in [0.2, 0.25) is 0 Å². The van der Waals surface area contributed by atoms with Crippen LogP contribution in [0.4, 0.5) is 0 Å². The molecule has 0 aromatic rings. The summed E-state index contributed by atoms with van der Waals surface area (Å²) in [6.07, 6.45) is 2.35. The molecule has 0 aliphatic heterocycles. The van der Waals surface area contributed by atoms with Crippen molar-refractivity contribution in [3.8, 4) is 0 Å². The molecule has 3 N–H and O–H groups in total. The second-order valence-electron chi connectivity index (χ2n) is 1.24. The van der Waals surface area contributed by atoms with Gasteiger partial charge in [-0.3, -0.25) is 0 Å². The van der Waals surface area contributed by atoms with E-state index in [-0.39, 0.29) is 0 Å². The highest BCUT2D eigenvalue weighted by atomic mass is 127. The number of hydrogen-bond acceptors (Lipinski definition) is 3. The normalized spacial score (nSPS) is 13.0. The molecule has 0 bridgehead atoms. The van der Waals surface area contributed by atoms with Crippen molar-refractivity contribution in [3.05, 3.63) is 12.2 Å². The van der Waals surface area contributed by atoms with Gasteiger partial charge in [0.05, 0.1) is 0 Å². The van der Waals surface area contributed by atoms with E-state index < -0.39 is 5.97 Å². The molecule has 0 fully saturated rings. The van der Waals surface area contributed by atoms with Crippen molar-refractivity contribution in [3.63, 3.8) is 0 Å². The summed E-state index contributed by atoms with van der Waals surface area (Å²) in [4.78, 5) is 0. The van der Waals surface area contributed by atoms with E-state index >= 15 is 0 Å². The number of allylic oxidation sites excluding steroid dienone is 1. The smallest absolute Gasteiger partial charge is 0.297 e. The second-order valence-corrected chi connectivity index (χ2v) is 2.12. The summed E-state index contributed by atoms with van der Waals surface area (Å²) in [5.74, 6) is -2.63. The monoisotopic (exact) mass is 230 g/mol. The molecule has 0 spiro atoms. The van der Waals surface area contributed by atoms with E-state index in [2.05, 4.69) is 0 Å². The van der Waals surface area contributed by atoms with Crippen molar-refractivity contribution >= 4 is 22.6 Å². The van der Waals surface area contributed by atoms with Crippen LogP contribution in [0.15, 0.2) is 12.2 Å². The molecule has 0 unspecified atom stereocenters. The van der Waals surface area contributed by atoms with Crippen molar-refractivity contribution in [2.24, 2.45) is 0 Å². The van der Waals surface area contributed by atoms with Gasteiger partial charge in [-0.25, -0.2) is 0 Å². The van der Waals surface area contributed by atoms with Crippen LogP contribution >= 0.6 is 22.6 Å². The third-order valence-corrected chi connectivity index (χ3v) is 0.939. The Morgan fingerprint density at radius 3 is 2.00 bits per heavy atom. The van der Waals surface area contributed by atoms with E-state index in [0.29, 0.717) is 4.43 Å². The van der Waals surface area contributed by atoms with Gasteiger partial charge in [0.25, 0.3) is 5.97 Å². The summed E-state index contributed by atoms with van der Waals surface area (Å²) in [7, 11) is 0. The zero-order valence-electron chi connectivity index (χ0n) is 4.08. The summed E-state index contributed by atoms with van der Waals surface area (Å²) in [6, 6.07) is 0. The topological polar surface area (TPSA) is 60.7 Å². The molecule has 0 amide bonds. The fraction of sp³-hybridized carbons (Fsp3) is 0.500. The van der Waals surface area contributed by atoms with Crippen molar-refractivity contribution in [2.45, 2.75) is 5.97 Å². The van der Waals surface area contributed by atoms with Gasteiger partial charge in [-0.05, 0) is 0 Å². The highest BCUT2D eigenvalue weighted by Gasteiger charge is 2.10. The molecule has 0 aliphatic carbocycles. The minimum atomic E-state index is -2.63. The number of alkyl halides is 1. The van der Waals surface area contributed by atoms with E-state index in [1.54, 1.807) is 0 Å². The third kappa shape index (κ3) is 6.35. The van der Waals surface area contributed by atoms with Gasteiger partial charge in [0, 0.05) is 10.5 Å². The van der Waals surface area contributed by atoms with Crippen LogP contribution in [0.1, 0.15) is 0 Å². The predicted octanol–water partition coefficient (Wildman–Crippen LogP) is -0.392. The summed E-state index contributed by atoms with van der Waals surface area (Å²) in [5.41, 5.74) is 0. The second kappa shape index (κ2) is 3.39. The van der Waals surface area contributed by atoms with Gasteiger partial charge in [0.1, 0.15) is 0 Å². The summed E-state index contributed by atoms with van der Waals surface area (Å²) in [5, 5.41) is 24.5. The van der Waals surface area contributed by atoms with Crippen molar-refractivity contribution < 1.29 is 15.3 Å². The quantitative estimate of drug-likeness (QED) is 0.262. The lowest BCUT2D eigenvalue weighted by Crippen LogP contribution is -2.23. The first-order chi connectivity index (χ1) is 3.56. The molecule has 3 nitrogen and oxygen atoms in total. The van der Waals surface area contributed by atoms with Crippen LogP contribution in [-0.4, -0.2) is 25.7 Å². The standard InChI is InChI=1S/C4H7IO3/c5-3-1-2-4(6,7)8/h1-2,6-8H,3H2. The van der Waals surface area contributed by atoms with Gasteiger partial charge >= 0.3 is 0 Å². The zero-order chi connectivity index (χ0) is 6.62. The Kier molecular flexibility index (Phi) is 3.54. The summed E-state index contributed by atoms with van der Waals surface area (Å²) < 4.78 is 0.640. The molecular formula is C4H7IO3. The van der Waals surface area contributed by atoms with Gasteiger partial charge in [0.15, 0.2) is 0 Å². The number of hydrogen-bond donors (Lipinski definition) is 3. The Balaban J connectivity index is 3.52. The highest BCUT2D eigenvalue weighted by Crippen LogP contribution is 1.94. The minimum absolute atomic E-state index is 0.640. The van der Waals surface area contributed by atoms with Gasteiger partial charge in [-0.15, -0.1) is 0 Å². The van der Waals surface area contributed by atoms with E-state index in [4.69, 9.17) is 15.3 Å². The first-order valence-corrected chi connectivity index (χ1v) is 3.49. The van der Waals surface area contributed by atoms with E-state index in [1.807, 2.05) is 22.6 Å². The molecule has 0 aliphatic rings. The SMILES string of the molecule is OC(O)(O)C=CCI. The Hall–Kier alpha value is 0.350. The molecule has 0 aromatic carbocycles. The molecular weight excluding hydrogens is 223 g/mol. The van der Waals surface area contributed by atoms with Gasteiger partial charge in [0.2, 0.25) is 0 Å². The van der Waals surface area contributed by atoms with Crippen LogP contribution in [0.5, 0.6) is 0 Å². The molecule has 4 heteroatoms. The average molecular weight is 230 g/mol. The Morgan fingerprint density at radius 1 is 1.38 bits per heavy atom. The molecule has 8 heavy (non-hydrogen) atoms. The van der Waals surface area contributed by atoms with Crippen LogP contribution in [0.3, 0.4) is 0 Å². The van der Waals surface area contributed by atoms with Gasteiger partial charge in [-0.1, -0.05) is 28.7 Å². The maximum Gasteiger partial charge on any atom is 0.297 e. The first-order valence-electron chi connectivity index (χ1n) is 1.97. The molecule has 0 saturated heterocycles. The van der Waals surface area contributed by atoms with Gasteiger partial charge in [-0.2, -0.15) is 0 Å². The van der Waals surface area contributed by atoms with E-state index in [0.717, 1.165) is 6.08 Å². The molecule has 48 valence electrons. The minimum Gasteiger partial charge on any atom is -0.340 e. The number of aliphatic hydroxyl groups is 3. The predicted molar refractivity (Wildman–Crippen MR) is 37.4 cm³/mol. The fourth-order valence-electron chi connectivity index (χ4n) is 0.203. The third-order valence-electron chi connectivity index (χ3n) is 0.431. The molecule has 0 rings (SSSR count). The first kappa shape index (κ1) is 8.35. The van der Waals surface area contributed by atoms with E-state index in [1.165, 1.54) is 6.08 Å². The number of rotatable bonds is 2. The fourth-order valence-corrected chi connectivity index (χ4v) is 0.457. The summed E-state index contributed by atoms with van der Waals surface area (Å²) >= 11 is 2.01. The maximum atomic E-state index is 8.17. The average Bonchev–Trinajstić information content (AvgIpc) is 1.59. The zero-order valence-corrected chi connectivity index (χ0v) is 6.24. The Labute approximate surface area is 60.8 Å². The largest absolute Gasteiger partial charge is 0.340 e. The van der Waals surface area contributed by atoms with E-state index in [9.17, 15) is 0 Å². The van der Waals surface area contributed by atoms with Crippen molar-refractivity contribution in [1.29, 1.82) is 0 Å². The maximum absolute atomic E-state index is 8.17. The van der Waals surface area contributed by atoms with Gasteiger partial charge < -0.3 is 15.3 Å². The summed E-state index contributed by atoms with van der Waals surface area (Å²) in [6.45, 7) is 0. The molecule has 0 saturated carbocycles. The highest BCUT2D eigenvalue weighted by molar-refractivity contribution is 14.1. The lowest BCUT2D eigenvalue weighted by Gasteiger charge is -2.05. The molecule has 0 atom stereocenters. The van der Waals surface area contributed by atoms with Crippen LogP contribution in [-0.2, 0) is 0 Å². The lowest BCUT2D eigenvalue weighted by atomic mass is 10.5. The number of halogens is 1. The lowest BCUT2D eigenvalue weighted by molar-refractivity contribution is -0.273. The van der Waals surface area contributed by atoms with Crippen LogP contribution < -0.4 is 0 Å². The molecule has 0 heterocycles. The van der Waals surface area contributed by atoms with Crippen LogP contribution in [0, 0.1) is 0 Å². The Morgan fingerprint density at radius 2 is 1.88 bits per heavy atom. The van der Waals surface area contributed by atoms with Crippen molar-refractivity contribution in [1.82, 2.24) is 0 Å². The van der Waals surface area contributed by atoms with Crippen LogP contribution in [0.25, 0.3) is 0 Å². The molecule has 0 aromatic heterocycles. The molecule has 0 radical (unpaired) electrons.